The molecule has 2 atom stereocenters. The number of halogens is 1. The summed E-state index contributed by atoms with van der Waals surface area (Å²) >= 11 is 6.07. The zero-order valence-electron chi connectivity index (χ0n) is 10.5. The second-order valence-corrected chi connectivity index (χ2v) is 5.65. The van der Waals surface area contributed by atoms with E-state index < -0.39 is 0 Å². The van der Waals surface area contributed by atoms with Crippen LogP contribution in [0.1, 0.15) is 48.5 Å². The summed E-state index contributed by atoms with van der Waals surface area (Å²) in [6.45, 7) is 4.17. The molecule has 0 spiro atoms. The molecule has 1 aliphatic carbocycles. The molecule has 2 rings (SSSR count). The number of hydrogen-bond donors (Lipinski definition) is 0. The van der Waals surface area contributed by atoms with Gasteiger partial charge < -0.3 is 0 Å². The summed E-state index contributed by atoms with van der Waals surface area (Å²) in [4.78, 5) is 12.5. The molecule has 1 fully saturated rings. The maximum Gasteiger partial charge on any atom is 0.166 e. The van der Waals surface area contributed by atoms with E-state index in [4.69, 9.17) is 11.6 Å². The Morgan fingerprint density at radius 1 is 1.35 bits per heavy atom. The Bertz CT molecular complexity index is 425. The van der Waals surface area contributed by atoms with Gasteiger partial charge >= 0.3 is 0 Å². The van der Waals surface area contributed by atoms with Gasteiger partial charge in [0.1, 0.15) is 0 Å². The first kappa shape index (κ1) is 12.6. The van der Waals surface area contributed by atoms with Gasteiger partial charge in [-0.15, -0.1) is 0 Å². The molecule has 0 N–H and O–H groups in total. The second-order valence-electron chi connectivity index (χ2n) is 5.25. The summed E-state index contributed by atoms with van der Waals surface area (Å²) in [5, 5.41) is 0.694. The van der Waals surface area contributed by atoms with Gasteiger partial charge in [-0.25, -0.2) is 0 Å². The highest BCUT2D eigenvalue weighted by molar-refractivity contribution is 6.31. The van der Waals surface area contributed by atoms with Crippen molar-refractivity contribution in [2.45, 2.75) is 39.5 Å². The largest absolute Gasteiger partial charge is 0.294 e. The van der Waals surface area contributed by atoms with Crippen molar-refractivity contribution in [1.29, 1.82) is 0 Å². The molecule has 0 radical (unpaired) electrons. The van der Waals surface area contributed by atoms with Crippen LogP contribution < -0.4 is 0 Å². The second kappa shape index (κ2) is 5.22. The van der Waals surface area contributed by atoms with Crippen LogP contribution in [0.4, 0.5) is 0 Å². The van der Waals surface area contributed by atoms with E-state index in [0.29, 0.717) is 10.9 Å². The molecule has 17 heavy (non-hydrogen) atoms. The molecular weight excluding hydrogens is 232 g/mol. The van der Waals surface area contributed by atoms with Crippen LogP contribution >= 0.6 is 11.6 Å². The predicted octanol–water partition coefficient (Wildman–Crippen LogP) is 4.66. The highest BCUT2D eigenvalue weighted by Crippen LogP contribution is 2.32. The molecule has 1 aromatic rings. The minimum absolute atomic E-state index is 0.205. The smallest absolute Gasteiger partial charge is 0.166 e. The third-order valence-electron chi connectivity index (χ3n) is 3.84. The van der Waals surface area contributed by atoms with Crippen molar-refractivity contribution in [3.8, 4) is 0 Å². The van der Waals surface area contributed by atoms with Gasteiger partial charge in [0, 0.05) is 16.5 Å². The minimum atomic E-state index is 0.205. The summed E-state index contributed by atoms with van der Waals surface area (Å²) in [7, 11) is 0. The summed E-state index contributed by atoms with van der Waals surface area (Å²) in [6, 6.07) is 5.62. The number of rotatable bonds is 2. The molecular formula is C15H19ClO. The van der Waals surface area contributed by atoms with E-state index in [-0.39, 0.29) is 11.7 Å². The van der Waals surface area contributed by atoms with Gasteiger partial charge in [-0.2, -0.15) is 0 Å². The number of carbonyl (C=O) groups is 1. The molecule has 0 aromatic heterocycles. The van der Waals surface area contributed by atoms with Crippen LogP contribution in [0.5, 0.6) is 0 Å². The Balaban J connectivity index is 2.22. The molecule has 0 heterocycles. The fraction of sp³-hybridized carbons (Fsp3) is 0.533. The lowest BCUT2D eigenvalue weighted by Crippen LogP contribution is -2.22. The zero-order valence-corrected chi connectivity index (χ0v) is 11.3. The summed E-state index contributed by atoms with van der Waals surface area (Å²) in [6.07, 6.45) is 4.51. The van der Waals surface area contributed by atoms with Gasteiger partial charge in [-0.1, -0.05) is 43.5 Å². The SMILES string of the molecule is Cc1c(Cl)cccc1C(=O)C1CCCC(C)C1. The Morgan fingerprint density at radius 3 is 2.82 bits per heavy atom. The lowest BCUT2D eigenvalue weighted by Gasteiger charge is -2.26. The Hall–Kier alpha value is -0.820. The molecule has 0 saturated heterocycles. The van der Waals surface area contributed by atoms with Crippen molar-refractivity contribution in [3.05, 3.63) is 34.3 Å². The van der Waals surface area contributed by atoms with Crippen molar-refractivity contribution in [1.82, 2.24) is 0 Å². The minimum Gasteiger partial charge on any atom is -0.294 e. The van der Waals surface area contributed by atoms with Crippen molar-refractivity contribution < 1.29 is 4.79 Å². The molecule has 2 unspecified atom stereocenters. The zero-order chi connectivity index (χ0) is 12.4. The van der Waals surface area contributed by atoms with Gasteiger partial charge in [-0.05, 0) is 37.3 Å². The number of hydrogen-bond acceptors (Lipinski definition) is 1. The predicted molar refractivity (Wildman–Crippen MR) is 71.6 cm³/mol. The van der Waals surface area contributed by atoms with E-state index in [9.17, 15) is 4.79 Å². The van der Waals surface area contributed by atoms with Gasteiger partial charge in [0.25, 0.3) is 0 Å². The molecule has 1 aliphatic rings. The van der Waals surface area contributed by atoms with E-state index in [1.807, 2.05) is 25.1 Å². The van der Waals surface area contributed by atoms with E-state index in [1.165, 1.54) is 12.8 Å². The number of benzene rings is 1. The van der Waals surface area contributed by atoms with Crippen LogP contribution in [0.15, 0.2) is 18.2 Å². The topological polar surface area (TPSA) is 17.1 Å². The van der Waals surface area contributed by atoms with Crippen LogP contribution in [0.25, 0.3) is 0 Å². The lowest BCUT2D eigenvalue weighted by atomic mass is 9.78. The quantitative estimate of drug-likeness (QED) is 0.698. The Labute approximate surface area is 108 Å². The first-order chi connectivity index (χ1) is 8.09. The maximum absolute atomic E-state index is 12.5. The standard InChI is InChI=1S/C15H19ClO/c1-10-5-3-6-12(9-10)15(17)13-7-4-8-14(16)11(13)2/h4,7-8,10,12H,3,5-6,9H2,1-2H3. The molecule has 1 aromatic carbocycles. The van der Waals surface area contributed by atoms with Crippen molar-refractivity contribution >= 4 is 17.4 Å². The van der Waals surface area contributed by atoms with Crippen LogP contribution in [0.2, 0.25) is 5.02 Å². The molecule has 0 bridgehead atoms. The number of carbonyl (C=O) groups excluding carboxylic acids is 1. The fourth-order valence-electron chi connectivity index (χ4n) is 2.77. The van der Waals surface area contributed by atoms with E-state index >= 15 is 0 Å². The van der Waals surface area contributed by atoms with Gasteiger partial charge in [0.05, 0.1) is 0 Å². The van der Waals surface area contributed by atoms with Gasteiger partial charge in [0.15, 0.2) is 5.78 Å². The van der Waals surface area contributed by atoms with Gasteiger partial charge in [0.2, 0.25) is 0 Å². The first-order valence-electron chi connectivity index (χ1n) is 6.39. The highest BCUT2D eigenvalue weighted by Gasteiger charge is 2.26. The number of ketones is 1. The first-order valence-corrected chi connectivity index (χ1v) is 6.76. The van der Waals surface area contributed by atoms with Crippen molar-refractivity contribution in [3.63, 3.8) is 0 Å². The highest BCUT2D eigenvalue weighted by atomic mass is 35.5. The monoisotopic (exact) mass is 250 g/mol. The third-order valence-corrected chi connectivity index (χ3v) is 4.25. The van der Waals surface area contributed by atoms with Crippen LogP contribution in [-0.4, -0.2) is 5.78 Å². The maximum atomic E-state index is 12.5. The molecule has 0 aliphatic heterocycles. The summed E-state index contributed by atoms with van der Waals surface area (Å²) in [5.74, 6) is 1.17. The molecule has 92 valence electrons. The van der Waals surface area contributed by atoms with Crippen LogP contribution in [0.3, 0.4) is 0 Å². The average molecular weight is 251 g/mol. The van der Waals surface area contributed by atoms with Gasteiger partial charge in [-0.3, -0.25) is 4.79 Å². The molecule has 0 amide bonds. The Kier molecular flexibility index (Phi) is 3.88. The molecule has 2 heteroatoms. The fourth-order valence-corrected chi connectivity index (χ4v) is 2.94. The van der Waals surface area contributed by atoms with E-state index in [0.717, 1.165) is 24.0 Å². The van der Waals surface area contributed by atoms with Crippen molar-refractivity contribution in [2.75, 3.05) is 0 Å². The van der Waals surface area contributed by atoms with Crippen LogP contribution in [0, 0.1) is 18.8 Å². The number of Topliss-reactive ketones (excluding diaryl/α,β-unsaturated/α-hetero) is 1. The van der Waals surface area contributed by atoms with Crippen LogP contribution in [-0.2, 0) is 0 Å². The normalized spacial score (nSPS) is 24.6. The van der Waals surface area contributed by atoms with Crippen molar-refractivity contribution in [2.24, 2.45) is 11.8 Å². The summed E-state index contributed by atoms with van der Waals surface area (Å²) < 4.78 is 0. The average Bonchev–Trinajstić information content (AvgIpc) is 2.32. The van der Waals surface area contributed by atoms with E-state index in [1.54, 1.807) is 0 Å². The Morgan fingerprint density at radius 2 is 2.12 bits per heavy atom. The lowest BCUT2D eigenvalue weighted by molar-refractivity contribution is 0.0867. The molecule has 1 nitrogen and oxygen atoms in total. The third kappa shape index (κ3) is 2.71. The molecule has 1 saturated carbocycles. The van der Waals surface area contributed by atoms with E-state index in [2.05, 4.69) is 6.92 Å². The summed E-state index contributed by atoms with van der Waals surface area (Å²) in [5.41, 5.74) is 1.74.